The van der Waals surface area contributed by atoms with E-state index in [4.69, 9.17) is 5.73 Å². The van der Waals surface area contributed by atoms with E-state index in [9.17, 15) is 4.79 Å². The van der Waals surface area contributed by atoms with Gasteiger partial charge in [-0.2, -0.15) is 0 Å². The molecule has 0 radical (unpaired) electrons. The molecule has 19 heavy (non-hydrogen) atoms. The van der Waals surface area contributed by atoms with Crippen molar-refractivity contribution in [2.45, 2.75) is 39.2 Å². The van der Waals surface area contributed by atoms with E-state index in [1.165, 1.54) is 6.42 Å². The van der Waals surface area contributed by atoms with Crippen molar-refractivity contribution >= 4 is 30.7 Å². The molecule has 1 fully saturated rings. The topological polar surface area (TPSA) is 49.6 Å². The average Bonchev–Trinajstić information content (AvgIpc) is 2.63. The van der Waals surface area contributed by atoms with Gasteiger partial charge in [-0.25, -0.2) is 0 Å². The largest absolute Gasteiger partial charge is 0.341 e. The molecule has 1 saturated heterocycles. The van der Waals surface area contributed by atoms with Crippen LogP contribution in [0, 0.1) is 5.92 Å². The number of amides is 1. The Balaban J connectivity index is 0. The third-order valence-electron chi connectivity index (χ3n) is 3.30. The Kier molecular flexibility index (Phi) is 10.1. The van der Waals surface area contributed by atoms with E-state index in [-0.39, 0.29) is 30.7 Å². The first-order valence-electron chi connectivity index (χ1n) is 6.61. The van der Waals surface area contributed by atoms with Gasteiger partial charge in [0.1, 0.15) is 0 Å². The van der Waals surface area contributed by atoms with Crippen LogP contribution in [0.3, 0.4) is 0 Å². The summed E-state index contributed by atoms with van der Waals surface area (Å²) in [6.07, 6.45) is 2.29. The molecular weight excluding hydrogens is 285 g/mol. The predicted molar refractivity (Wildman–Crippen MR) is 85.2 cm³/mol. The number of likely N-dealkylation sites (tertiary alicyclic amines) is 1. The Morgan fingerprint density at radius 3 is 2.47 bits per heavy atom. The SMILES string of the molecule is CCCN(C)CC1CCN(C(=O)C(C)(C)N)C1.Cl.Cl. The molecule has 1 aliphatic heterocycles. The molecule has 1 amide bonds. The molecule has 4 nitrogen and oxygen atoms in total. The molecule has 1 unspecified atom stereocenters. The van der Waals surface area contributed by atoms with E-state index >= 15 is 0 Å². The van der Waals surface area contributed by atoms with Gasteiger partial charge in [-0.3, -0.25) is 4.79 Å². The summed E-state index contributed by atoms with van der Waals surface area (Å²) in [7, 11) is 2.15. The minimum atomic E-state index is -0.732. The number of halogens is 2. The minimum Gasteiger partial charge on any atom is -0.341 e. The van der Waals surface area contributed by atoms with Gasteiger partial charge in [0.25, 0.3) is 0 Å². The van der Waals surface area contributed by atoms with Crippen molar-refractivity contribution in [1.29, 1.82) is 0 Å². The van der Waals surface area contributed by atoms with Crippen LogP contribution in [-0.4, -0.2) is 54.5 Å². The average molecular weight is 314 g/mol. The van der Waals surface area contributed by atoms with Crippen LogP contribution in [0.1, 0.15) is 33.6 Å². The third-order valence-corrected chi connectivity index (χ3v) is 3.30. The lowest BCUT2D eigenvalue weighted by Crippen LogP contribution is -2.50. The van der Waals surface area contributed by atoms with Crippen LogP contribution < -0.4 is 5.73 Å². The highest BCUT2D eigenvalue weighted by molar-refractivity contribution is 5.86. The first-order valence-corrected chi connectivity index (χ1v) is 6.61. The monoisotopic (exact) mass is 313 g/mol. The Hall–Kier alpha value is -0.0300. The van der Waals surface area contributed by atoms with E-state index in [1.54, 1.807) is 13.8 Å². The molecule has 1 atom stereocenters. The summed E-state index contributed by atoms with van der Waals surface area (Å²) >= 11 is 0. The lowest BCUT2D eigenvalue weighted by atomic mass is 10.1. The van der Waals surface area contributed by atoms with Crippen LogP contribution >= 0.6 is 24.8 Å². The molecule has 1 aliphatic rings. The normalized spacial score (nSPS) is 19.1. The van der Waals surface area contributed by atoms with Crippen LogP contribution in [0.25, 0.3) is 0 Å². The lowest BCUT2D eigenvalue weighted by Gasteiger charge is -2.26. The fraction of sp³-hybridized carbons (Fsp3) is 0.923. The lowest BCUT2D eigenvalue weighted by molar-refractivity contribution is -0.134. The van der Waals surface area contributed by atoms with E-state index in [2.05, 4.69) is 18.9 Å². The molecule has 0 aromatic carbocycles. The molecule has 2 N–H and O–H groups in total. The second-order valence-corrected chi connectivity index (χ2v) is 5.89. The van der Waals surface area contributed by atoms with E-state index in [1.807, 2.05) is 4.90 Å². The van der Waals surface area contributed by atoms with Gasteiger partial charge in [0.15, 0.2) is 0 Å². The van der Waals surface area contributed by atoms with Crippen LogP contribution in [0.15, 0.2) is 0 Å². The van der Waals surface area contributed by atoms with Crippen molar-refractivity contribution in [2.24, 2.45) is 11.7 Å². The summed E-state index contributed by atoms with van der Waals surface area (Å²) in [6, 6.07) is 0. The quantitative estimate of drug-likeness (QED) is 0.841. The molecule has 0 bridgehead atoms. The second kappa shape index (κ2) is 9.01. The zero-order valence-corrected chi connectivity index (χ0v) is 14.1. The standard InChI is InChI=1S/C13H27N3O.2ClH/c1-5-7-15(4)9-11-6-8-16(10-11)12(17)13(2,3)14;;/h11H,5-10,14H2,1-4H3;2*1H. The number of nitrogens with two attached hydrogens (primary N) is 1. The summed E-state index contributed by atoms with van der Waals surface area (Å²) in [4.78, 5) is 16.3. The number of carbonyl (C=O) groups excluding carboxylic acids is 1. The summed E-state index contributed by atoms with van der Waals surface area (Å²) in [5.74, 6) is 0.691. The van der Waals surface area contributed by atoms with Crippen molar-refractivity contribution in [3.63, 3.8) is 0 Å². The molecule has 1 rings (SSSR count). The Bertz CT molecular complexity index is 269. The van der Waals surface area contributed by atoms with Gasteiger partial charge in [0, 0.05) is 19.6 Å². The first kappa shape index (κ1) is 21.3. The highest BCUT2D eigenvalue weighted by atomic mass is 35.5. The molecular formula is C13H29Cl2N3O. The van der Waals surface area contributed by atoms with Crippen LogP contribution in [0.4, 0.5) is 0 Å². The van der Waals surface area contributed by atoms with Gasteiger partial charge in [0.05, 0.1) is 5.54 Å². The summed E-state index contributed by atoms with van der Waals surface area (Å²) in [5, 5.41) is 0. The molecule has 0 saturated carbocycles. The van der Waals surface area contributed by atoms with Gasteiger partial charge in [0.2, 0.25) is 5.91 Å². The van der Waals surface area contributed by atoms with Crippen LogP contribution in [-0.2, 0) is 4.79 Å². The molecule has 0 spiro atoms. The molecule has 0 aliphatic carbocycles. The summed E-state index contributed by atoms with van der Waals surface area (Å²) in [6.45, 7) is 9.71. The first-order chi connectivity index (χ1) is 7.84. The maximum absolute atomic E-state index is 12.0. The van der Waals surface area contributed by atoms with E-state index < -0.39 is 5.54 Å². The molecule has 0 aromatic heterocycles. The smallest absolute Gasteiger partial charge is 0.242 e. The Morgan fingerprint density at radius 1 is 1.42 bits per heavy atom. The highest BCUT2D eigenvalue weighted by Gasteiger charge is 2.33. The fourth-order valence-corrected chi connectivity index (χ4v) is 2.49. The molecule has 6 heteroatoms. The van der Waals surface area contributed by atoms with Crippen LogP contribution in [0.2, 0.25) is 0 Å². The zero-order chi connectivity index (χ0) is 13.1. The second-order valence-electron chi connectivity index (χ2n) is 5.89. The molecule has 0 aromatic rings. The van der Waals surface area contributed by atoms with Crippen molar-refractivity contribution in [2.75, 3.05) is 33.2 Å². The Morgan fingerprint density at radius 2 is 2.00 bits per heavy atom. The Labute approximate surface area is 129 Å². The highest BCUT2D eigenvalue weighted by Crippen LogP contribution is 2.19. The summed E-state index contributed by atoms with van der Waals surface area (Å²) < 4.78 is 0. The number of nitrogens with zero attached hydrogens (tertiary/aromatic N) is 2. The maximum Gasteiger partial charge on any atom is 0.242 e. The fourth-order valence-electron chi connectivity index (χ4n) is 2.49. The van der Waals surface area contributed by atoms with Gasteiger partial charge in [-0.15, -0.1) is 24.8 Å². The number of hydrogen-bond acceptors (Lipinski definition) is 3. The van der Waals surface area contributed by atoms with Crippen LogP contribution in [0.5, 0.6) is 0 Å². The van der Waals surface area contributed by atoms with Gasteiger partial charge in [-0.1, -0.05) is 6.92 Å². The third kappa shape index (κ3) is 6.80. The number of carbonyl (C=O) groups is 1. The van der Waals surface area contributed by atoms with E-state index in [0.717, 1.165) is 32.6 Å². The van der Waals surface area contributed by atoms with Crippen molar-refractivity contribution in [3.8, 4) is 0 Å². The number of rotatable bonds is 5. The zero-order valence-electron chi connectivity index (χ0n) is 12.5. The maximum atomic E-state index is 12.0. The van der Waals surface area contributed by atoms with E-state index in [0.29, 0.717) is 5.92 Å². The minimum absolute atomic E-state index is 0. The predicted octanol–water partition coefficient (Wildman–Crippen LogP) is 1.76. The van der Waals surface area contributed by atoms with Crippen molar-refractivity contribution in [3.05, 3.63) is 0 Å². The van der Waals surface area contributed by atoms with Gasteiger partial charge < -0.3 is 15.5 Å². The van der Waals surface area contributed by atoms with Gasteiger partial charge in [-0.05, 0) is 46.2 Å². The number of hydrogen-bond donors (Lipinski definition) is 1. The van der Waals surface area contributed by atoms with Crippen molar-refractivity contribution in [1.82, 2.24) is 9.80 Å². The molecule has 116 valence electrons. The summed E-state index contributed by atoms with van der Waals surface area (Å²) in [5.41, 5.74) is 5.12. The molecule has 1 heterocycles. The van der Waals surface area contributed by atoms with Gasteiger partial charge >= 0.3 is 0 Å². The van der Waals surface area contributed by atoms with Crippen molar-refractivity contribution < 1.29 is 4.79 Å².